The van der Waals surface area contributed by atoms with E-state index in [9.17, 15) is 4.79 Å². The Balaban J connectivity index is 1.95. The lowest BCUT2D eigenvalue weighted by molar-refractivity contribution is 0.0697. The van der Waals surface area contributed by atoms with Gasteiger partial charge in [0, 0.05) is 16.5 Å². The van der Waals surface area contributed by atoms with Crippen LogP contribution >= 0.6 is 11.3 Å². The lowest BCUT2D eigenvalue weighted by atomic mass is 10.1. The van der Waals surface area contributed by atoms with Gasteiger partial charge in [-0.05, 0) is 24.6 Å². The molecule has 3 rings (SSSR count). The van der Waals surface area contributed by atoms with Crippen molar-refractivity contribution in [1.82, 2.24) is 4.98 Å². The third-order valence-corrected chi connectivity index (χ3v) is 4.18. The van der Waals surface area contributed by atoms with Crippen LogP contribution in [0.3, 0.4) is 0 Å². The van der Waals surface area contributed by atoms with Crippen molar-refractivity contribution in [2.75, 3.05) is 0 Å². The van der Waals surface area contributed by atoms with Crippen molar-refractivity contribution in [3.8, 4) is 21.8 Å². The van der Waals surface area contributed by atoms with Gasteiger partial charge in [0.25, 0.3) is 0 Å². The Morgan fingerprint density at radius 1 is 1.10 bits per heavy atom. The number of carbonyl (C=O) groups is 1. The van der Waals surface area contributed by atoms with Crippen molar-refractivity contribution >= 4 is 17.3 Å². The van der Waals surface area contributed by atoms with Gasteiger partial charge in [-0.1, -0.05) is 36.4 Å². The van der Waals surface area contributed by atoms with Crippen LogP contribution in [0.2, 0.25) is 0 Å². The summed E-state index contributed by atoms with van der Waals surface area (Å²) < 4.78 is 0. The van der Waals surface area contributed by atoms with Crippen molar-refractivity contribution in [3.05, 3.63) is 65.0 Å². The van der Waals surface area contributed by atoms with E-state index in [0.717, 1.165) is 21.8 Å². The molecule has 0 atom stereocenters. The summed E-state index contributed by atoms with van der Waals surface area (Å²) >= 11 is 1.59. The lowest BCUT2D eigenvalue weighted by Crippen LogP contribution is -1.94. The molecule has 4 heteroatoms. The summed E-state index contributed by atoms with van der Waals surface area (Å²) in [6.45, 7) is 2.07. The van der Waals surface area contributed by atoms with Gasteiger partial charge in [0.1, 0.15) is 5.01 Å². The maximum atomic E-state index is 10.9. The molecular formula is C17H13NO2S. The molecular weight excluding hydrogens is 282 g/mol. The topological polar surface area (TPSA) is 50.2 Å². The second-order valence-electron chi connectivity index (χ2n) is 4.74. The van der Waals surface area contributed by atoms with Crippen molar-refractivity contribution in [1.29, 1.82) is 0 Å². The van der Waals surface area contributed by atoms with Crippen molar-refractivity contribution in [3.63, 3.8) is 0 Å². The average molecular weight is 295 g/mol. The first-order chi connectivity index (χ1) is 10.1. The monoisotopic (exact) mass is 295 g/mol. The van der Waals surface area contributed by atoms with Crippen LogP contribution in [0.4, 0.5) is 0 Å². The molecule has 0 spiro atoms. The number of aryl methyl sites for hydroxylation is 1. The van der Waals surface area contributed by atoms with E-state index < -0.39 is 5.97 Å². The standard InChI is InChI=1S/C17H13NO2S/c1-11-4-2-3-5-14(11)16-18-15(10-21-16)12-6-8-13(9-7-12)17(19)20/h2-10H,1H3,(H,19,20). The highest BCUT2D eigenvalue weighted by Gasteiger charge is 2.09. The van der Waals surface area contributed by atoms with Gasteiger partial charge in [-0.25, -0.2) is 9.78 Å². The second kappa shape index (κ2) is 5.50. The SMILES string of the molecule is Cc1ccccc1-c1nc(-c2ccc(C(=O)O)cc2)cs1. The summed E-state index contributed by atoms with van der Waals surface area (Å²) in [6, 6.07) is 14.9. The van der Waals surface area contributed by atoms with Crippen LogP contribution in [0.25, 0.3) is 21.8 Å². The Bertz CT molecular complexity index is 791. The third-order valence-electron chi connectivity index (χ3n) is 3.31. The Hall–Kier alpha value is -2.46. The molecule has 0 aliphatic heterocycles. The molecule has 0 bridgehead atoms. The summed E-state index contributed by atoms with van der Waals surface area (Å²) in [5.41, 5.74) is 4.41. The number of hydrogen-bond donors (Lipinski definition) is 1. The van der Waals surface area contributed by atoms with Crippen molar-refractivity contribution in [2.45, 2.75) is 6.92 Å². The molecule has 0 amide bonds. The normalized spacial score (nSPS) is 10.5. The number of rotatable bonds is 3. The molecule has 1 N–H and O–H groups in total. The number of hydrogen-bond acceptors (Lipinski definition) is 3. The molecule has 1 aromatic heterocycles. The first-order valence-electron chi connectivity index (χ1n) is 6.50. The molecule has 0 unspecified atom stereocenters. The van der Waals surface area contributed by atoms with Crippen LogP contribution in [-0.4, -0.2) is 16.1 Å². The fourth-order valence-corrected chi connectivity index (χ4v) is 3.05. The first kappa shape index (κ1) is 13.5. The zero-order chi connectivity index (χ0) is 14.8. The van der Waals surface area contributed by atoms with E-state index in [1.807, 2.05) is 17.5 Å². The van der Waals surface area contributed by atoms with Gasteiger partial charge in [-0.15, -0.1) is 11.3 Å². The number of nitrogens with zero attached hydrogens (tertiary/aromatic N) is 1. The van der Waals surface area contributed by atoms with Crippen LogP contribution in [0.1, 0.15) is 15.9 Å². The minimum absolute atomic E-state index is 0.285. The van der Waals surface area contributed by atoms with E-state index in [1.165, 1.54) is 5.56 Å². The smallest absolute Gasteiger partial charge is 0.335 e. The van der Waals surface area contributed by atoms with Gasteiger partial charge < -0.3 is 5.11 Å². The Morgan fingerprint density at radius 3 is 2.48 bits per heavy atom. The van der Waals surface area contributed by atoms with Gasteiger partial charge in [0.2, 0.25) is 0 Å². The quantitative estimate of drug-likeness (QED) is 0.775. The summed E-state index contributed by atoms with van der Waals surface area (Å²) in [4.78, 5) is 15.5. The highest BCUT2D eigenvalue weighted by molar-refractivity contribution is 7.13. The van der Waals surface area contributed by atoms with Gasteiger partial charge >= 0.3 is 5.97 Å². The van der Waals surface area contributed by atoms with Crippen LogP contribution in [0.15, 0.2) is 53.9 Å². The molecule has 0 radical (unpaired) electrons. The molecule has 104 valence electrons. The van der Waals surface area contributed by atoms with E-state index in [2.05, 4.69) is 24.0 Å². The third kappa shape index (κ3) is 2.71. The fraction of sp³-hybridized carbons (Fsp3) is 0.0588. The number of thiazole rings is 1. The van der Waals surface area contributed by atoms with Gasteiger partial charge in [0.15, 0.2) is 0 Å². The predicted octanol–water partition coefficient (Wildman–Crippen LogP) is 4.48. The molecule has 3 nitrogen and oxygen atoms in total. The Kier molecular flexibility index (Phi) is 3.54. The fourth-order valence-electron chi connectivity index (χ4n) is 2.13. The van der Waals surface area contributed by atoms with Crippen molar-refractivity contribution in [2.24, 2.45) is 0 Å². The van der Waals surface area contributed by atoms with E-state index in [4.69, 9.17) is 5.11 Å². The molecule has 3 aromatic rings. The maximum Gasteiger partial charge on any atom is 0.335 e. The molecule has 0 aliphatic carbocycles. The molecule has 2 aromatic carbocycles. The number of benzene rings is 2. The zero-order valence-corrected chi connectivity index (χ0v) is 12.2. The van der Waals surface area contributed by atoms with Gasteiger partial charge in [-0.3, -0.25) is 0 Å². The molecule has 1 heterocycles. The van der Waals surface area contributed by atoms with E-state index in [0.29, 0.717) is 0 Å². The highest BCUT2D eigenvalue weighted by atomic mass is 32.1. The number of carboxylic acid groups (broad SMARTS) is 1. The Labute approximate surface area is 126 Å². The molecule has 0 saturated carbocycles. The number of aromatic nitrogens is 1. The zero-order valence-electron chi connectivity index (χ0n) is 11.4. The Morgan fingerprint density at radius 2 is 1.81 bits per heavy atom. The minimum atomic E-state index is -0.916. The van der Waals surface area contributed by atoms with Crippen LogP contribution in [-0.2, 0) is 0 Å². The van der Waals surface area contributed by atoms with E-state index in [-0.39, 0.29) is 5.56 Å². The number of carboxylic acids is 1. The highest BCUT2D eigenvalue weighted by Crippen LogP contribution is 2.30. The van der Waals surface area contributed by atoms with E-state index in [1.54, 1.807) is 35.6 Å². The molecule has 21 heavy (non-hydrogen) atoms. The van der Waals surface area contributed by atoms with Crippen LogP contribution < -0.4 is 0 Å². The summed E-state index contributed by atoms with van der Waals surface area (Å²) in [5.74, 6) is -0.916. The molecule has 0 fully saturated rings. The summed E-state index contributed by atoms with van der Waals surface area (Å²) in [5, 5.41) is 11.9. The van der Waals surface area contributed by atoms with Crippen molar-refractivity contribution < 1.29 is 9.90 Å². The molecule has 0 saturated heterocycles. The maximum absolute atomic E-state index is 10.9. The summed E-state index contributed by atoms with van der Waals surface area (Å²) in [7, 11) is 0. The second-order valence-corrected chi connectivity index (χ2v) is 5.59. The van der Waals surface area contributed by atoms with E-state index >= 15 is 0 Å². The summed E-state index contributed by atoms with van der Waals surface area (Å²) in [6.07, 6.45) is 0. The van der Waals surface area contributed by atoms with Crippen LogP contribution in [0.5, 0.6) is 0 Å². The van der Waals surface area contributed by atoms with Gasteiger partial charge in [0.05, 0.1) is 11.3 Å². The largest absolute Gasteiger partial charge is 0.478 e. The first-order valence-corrected chi connectivity index (χ1v) is 7.38. The predicted molar refractivity (Wildman–Crippen MR) is 84.7 cm³/mol. The molecule has 0 aliphatic rings. The van der Waals surface area contributed by atoms with Gasteiger partial charge in [-0.2, -0.15) is 0 Å². The average Bonchev–Trinajstić information content (AvgIpc) is 2.97. The number of aromatic carboxylic acids is 1. The minimum Gasteiger partial charge on any atom is -0.478 e. The lowest BCUT2D eigenvalue weighted by Gasteiger charge is -2.01. The van der Waals surface area contributed by atoms with Crippen LogP contribution in [0, 0.1) is 6.92 Å².